The van der Waals surface area contributed by atoms with Gasteiger partial charge in [0.1, 0.15) is 17.5 Å². The number of hydrogen-bond acceptors (Lipinski definition) is 6. The maximum absolute atomic E-state index is 11.7. The van der Waals surface area contributed by atoms with Crippen LogP contribution in [-0.2, 0) is 11.2 Å². The summed E-state index contributed by atoms with van der Waals surface area (Å²) >= 11 is 0. The molecule has 7 heteroatoms. The summed E-state index contributed by atoms with van der Waals surface area (Å²) in [6.07, 6.45) is 1.76. The SMILES string of the molecule is CCCc1nc(NN)c(C)c(N(C)CC(C)C(=O)NC)n1. The summed E-state index contributed by atoms with van der Waals surface area (Å²) in [5.41, 5.74) is 3.50. The summed E-state index contributed by atoms with van der Waals surface area (Å²) in [5, 5.41) is 2.66. The van der Waals surface area contributed by atoms with Gasteiger partial charge in [0.2, 0.25) is 5.91 Å². The molecule has 0 bridgehead atoms. The molecule has 118 valence electrons. The third kappa shape index (κ3) is 4.29. The zero-order chi connectivity index (χ0) is 16.0. The van der Waals surface area contributed by atoms with Crippen LogP contribution in [0.1, 0.15) is 31.7 Å². The number of nitrogens with one attached hydrogen (secondary N) is 2. The average molecular weight is 294 g/mol. The maximum atomic E-state index is 11.7. The van der Waals surface area contributed by atoms with Gasteiger partial charge in [0, 0.05) is 32.6 Å². The minimum atomic E-state index is -0.127. The van der Waals surface area contributed by atoms with Crippen molar-refractivity contribution in [1.29, 1.82) is 0 Å². The van der Waals surface area contributed by atoms with E-state index in [-0.39, 0.29) is 11.8 Å². The highest BCUT2D eigenvalue weighted by Gasteiger charge is 2.18. The molecule has 0 aliphatic carbocycles. The first-order valence-corrected chi connectivity index (χ1v) is 7.21. The van der Waals surface area contributed by atoms with Crippen molar-refractivity contribution in [1.82, 2.24) is 15.3 Å². The minimum Gasteiger partial charge on any atom is -0.359 e. The molecular weight excluding hydrogens is 268 g/mol. The Morgan fingerprint density at radius 2 is 2.10 bits per heavy atom. The topological polar surface area (TPSA) is 96.2 Å². The van der Waals surface area contributed by atoms with E-state index < -0.39 is 0 Å². The zero-order valence-corrected chi connectivity index (χ0v) is 13.5. The third-order valence-electron chi connectivity index (χ3n) is 3.38. The van der Waals surface area contributed by atoms with Crippen molar-refractivity contribution >= 4 is 17.5 Å². The van der Waals surface area contributed by atoms with Crippen LogP contribution in [0.2, 0.25) is 0 Å². The van der Waals surface area contributed by atoms with Crippen molar-refractivity contribution in [2.24, 2.45) is 11.8 Å². The summed E-state index contributed by atoms with van der Waals surface area (Å²) in [7, 11) is 3.56. The van der Waals surface area contributed by atoms with Crippen molar-refractivity contribution in [2.45, 2.75) is 33.6 Å². The molecule has 21 heavy (non-hydrogen) atoms. The van der Waals surface area contributed by atoms with Crippen LogP contribution in [0, 0.1) is 12.8 Å². The number of aromatic nitrogens is 2. The Morgan fingerprint density at radius 1 is 1.43 bits per heavy atom. The number of aryl methyl sites for hydroxylation is 1. The lowest BCUT2D eigenvalue weighted by Crippen LogP contribution is -2.35. The Labute approximate surface area is 126 Å². The molecule has 1 atom stereocenters. The van der Waals surface area contributed by atoms with Crippen LogP contribution in [0.15, 0.2) is 0 Å². The number of nitrogens with two attached hydrogens (primary N) is 1. The number of anilines is 2. The van der Waals surface area contributed by atoms with Crippen molar-refractivity contribution in [3.05, 3.63) is 11.4 Å². The molecule has 0 radical (unpaired) electrons. The lowest BCUT2D eigenvalue weighted by molar-refractivity contribution is -0.123. The van der Waals surface area contributed by atoms with Gasteiger partial charge in [-0.3, -0.25) is 4.79 Å². The number of hydrazine groups is 1. The summed E-state index contributed by atoms with van der Waals surface area (Å²) in [6, 6.07) is 0. The molecule has 7 nitrogen and oxygen atoms in total. The Bertz CT molecular complexity index is 491. The van der Waals surface area contributed by atoms with E-state index in [9.17, 15) is 4.79 Å². The number of hydrogen-bond donors (Lipinski definition) is 3. The lowest BCUT2D eigenvalue weighted by Gasteiger charge is -2.24. The molecule has 1 aromatic rings. The second-order valence-corrected chi connectivity index (χ2v) is 5.23. The number of carbonyl (C=O) groups is 1. The molecule has 1 aromatic heterocycles. The van der Waals surface area contributed by atoms with Crippen LogP contribution in [0.5, 0.6) is 0 Å². The molecule has 4 N–H and O–H groups in total. The molecule has 0 aromatic carbocycles. The van der Waals surface area contributed by atoms with Crippen LogP contribution >= 0.6 is 0 Å². The lowest BCUT2D eigenvalue weighted by atomic mass is 10.1. The Morgan fingerprint density at radius 3 is 2.62 bits per heavy atom. The van der Waals surface area contributed by atoms with Gasteiger partial charge in [-0.25, -0.2) is 15.8 Å². The van der Waals surface area contributed by atoms with E-state index in [1.54, 1.807) is 7.05 Å². The van der Waals surface area contributed by atoms with Crippen molar-refractivity contribution in [3.63, 3.8) is 0 Å². The van der Waals surface area contributed by atoms with Gasteiger partial charge in [0.05, 0.1) is 5.92 Å². The largest absolute Gasteiger partial charge is 0.359 e. The van der Waals surface area contributed by atoms with Gasteiger partial charge in [0.25, 0.3) is 0 Å². The third-order valence-corrected chi connectivity index (χ3v) is 3.38. The molecule has 1 rings (SSSR count). The number of carbonyl (C=O) groups excluding carboxylic acids is 1. The fourth-order valence-electron chi connectivity index (χ4n) is 2.22. The van der Waals surface area contributed by atoms with E-state index in [4.69, 9.17) is 5.84 Å². The van der Waals surface area contributed by atoms with Gasteiger partial charge in [-0.15, -0.1) is 0 Å². The molecule has 0 aliphatic heterocycles. The summed E-state index contributed by atoms with van der Waals surface area (Å²) in [5.74, 6) is 7.61. The van der Waals surface area contributed by atoms with Gasteiger partial charge < -0.3 is 15.6 Å². The summed E-state index contributed by atoms with van der Waals surface area (Å²) in [4.78, 5) is 22.6. The number of amides is 1. The first kappa shape index (κ1) is 17.2. The average Bonchev–Trinajstić information content (AvgIpc) is 2.47. The van der Waals surface area contributed by atoms with Crippen LogP contribution in [0.3, 0.4) is 0 Å². The predicted molar refractivity (Wildman–Crippen MR) is 85.1 cm³/mol. The zero-order valence-electron chi connectivity index (χ0n) is 13.5. The standard InChI is InChI=1S/C14H26N6O/c1-6-7-11-17-12(19-15)10(3)13(18-11)20(5)8-9(2)14(21)16-4/h9H,6-8,15H2,1-5H3,(H,16,21)(H,17,18,19). The second kappa shape index (κ2) is 7.78. The second-order valence-electron chi connectivity index (χ2n) is 5.23. The van der Waals surface area contributed by atoms with Gasteiger partial charge in [-0.05, 0) is 13.3 Å². The van der Waals surface area contributed by atoms with Gasteiger partial charge in [0.15, 0.2) is 0 Å². The molecule has 1 unspecified atom stereocenters. The van der Waals surface area contributed by atoms with E-state index >= 15 is 0 Å². The highest BCUT2D eigenvalue weighted by Crippen LogP contribution is 2.23. The Balaban J connectivity index is 3.04. The molecule has 1 amide bonds. The van der Waals surface area contributed by atoms with Crippen molar-refractivity contribution < 1.29 is 4.79 Å². The quantitative estimate of drug-likeness (QED) is 0.509. The molecule has 0 spiro atoms. The van der Waals surface area contributed by atoms with Crippen molar-refractivity contribution in [3.8, 4) is 0 Å². The first-order chi connectivity index (χ1) is 9.94. The molecule has 0 saturated carbocycles. The van der Waals surface area contributed by atoms with E-state index in [0.717, 1.165) is 30.0 Å². The molecular formula is C14H26N6O. The van der Waals surface area contributed by atoms with Crippen molar-refractivity contribution in [2.75, 3.05) is 31.0 Å². The molecule has 0 fully saturated rings. The molecule has 1 heterocycles. The van der Waals surface area contributed by atoms with Gasteiger partial charge in [-0.1, -0.05) is 13.8 Å². The van der Waals surface area contributed by atoms with Crippen LogP contribution in [-0.4, -0.2) is 36.5 Å². The van der Waals surface area contributed by atoms with Crippen LogP contribution < -0.4 is 21.5 Å². The number of nitrogens with zero attached hydrogens (tertiary/aromatic N) is 3. The Kier molecular flexibility index (Phi) is 6.36. The first-order valence-electron chi connectivity index (χ1n) is 7.21. The fraction of sp³-hybridized carbons (Fsp3) is 0.643. The summed E-state index contributed by atoms with van der Waals surface area (Å²) in [6.45, 7) is 6.46. The van der Waals surface area contributed by atoms with Crippen LogP contribution in [0.25, 0.3) is 0 Å². The summed E-state index contributed by atoms with van der Waals surface area (Å²) < 4.78 is 0. The molecule has 0 aliphatic rings. The monoisotopic (exact) mass is 294 g/mol. The van der Waals surface area contributed by atoms with E-state index in [0.29, 0.717) is 12.4 Å². The highest BCUT2D eigenvalue weighted by molar-refractivity contribution is 5.78. The fourth-order valence-corrected chi connectivity index (χ4v) is 2.22. The van der Waals surface area contributed by atoms with E-state index in [1.165, 1.54) is 0 Å². The van der Waals surface area contributed by atoms with Gasteiger partial charge in [-0.2, -0.15) is 0 Å². The van der Waals surface area contributed by atoms with Crippen LogP contribution in [0.4, 0.5) is 11.6 Å². The predicted octanol–water partition coefficient (Wildman–Crippen LogP) is 0.841. The number of nitrogen functional groups attached to an aromatic ring is 1. The van der Waals surface area contributed by atoms with Gasteiger partial charge >= 0.3 is 0 Å². The highest BCUT2D eigenvalue weighted by atomic mass is 16.1. The number of rotatable bonds is 7. The van der Waals surface area contributed by atoms with E-state index in [2.05, 4.69) is 27.6 Å². The normalized spacial score (nSPS) is 11.9. The van der Waals surface area contributed by atoms with E-state index in [1.807, 2.05) is 25.8 Å². The minimum absolute atomic E-state index is 0.0134. The smallest absolute Gasteiger partial charge is 0.224 e. The Hall–Kier alpha value is -1.89. The maximum Gasteiger partial charge on any atom is 0.224 e. The molecule has 0 saturated heterocycles.